The van der Waals surface area contributed by atoms with Crippen LogP contribution < -0.4 is 5.73 Å². The van der Waals surface area contributed by atoms with Crippen molar-refractivity contribution >= 4 is 0 Å². The Morgan fingerprint density at radius 1 is 1.27 bits per heavy atom. The molecule has 1 heteroatoms. The lowest BCUT2D eigenvalue weighted by Gasteiger charge is -2.24. The molecule has 2 aliphatic carbocycles. The van der Waals surface area contributed by atoms with Crippen LogP contribution in [0.4, 0.5) is 0 Å². The van der Waals surface area contributed by atoms with Gasteiger partial charge in [-0.3, -0.25) is 0 Å². The third-order valence-corrected chi connectivity index (χ3v) is 4.14. The van der Waals surface area contributed by atoms with E-state index in [9.17, 15) is 0 Å². The quantitative estimate of drug-likeness (QED) is 0.566. The van der Waals surface area contributed by atoms with E-state index < -0.39 is 0 Å². The fraction of sp³-hybridized carbons (Fsp3) is 1.00. The second kappa shape index (κ2) is 2.01. The molecule has 2 fully saturated rings. The summed E-state index contributed by atoms with van der Waals surface area (Å²) in [5.41, 5.74) is 6.71. The van der Waals surface area contributed by atoms with E-state index in [2.05, 4.69) is 20.8 Å². The van der Waals surface area contributed by atoms with Gasteiger partial charge in [0.05, 0.1) is 0 Å². The van der Waals surface area contributed by atoms with Gasteiger partial charge in [0, 0.05) is 6.04 Å². The molecule has 2 rings (SSSR count). The van der Waals surface area contributed by atoms with Gasteiger partial charge in [0.25, 0.3) is 0 Å². The van der Waals surface area contributed by atoms with Crippen LogP contribution in [0.3, 0.4) is 0 Å². The van der Waals surface area contributed by atoms with Crippen molar-refractivity contribution in [2.45, 2.75) is 39.7 Å². The highest BCUT2D eigenvalue weighted by atomic mass is 14.8. The zero-order valence-electron chi connectivity index (χ0n) is 7.80. The van der Waals surface area contributed by atoms with Gasteiger partial charge in [-0.15, -0.1) is 0 Å². The molecule has 0 heterocycles. The summed E-state index contributed by atoms with van der Waals surface area (Å²) in [5.74, 6) is 2.55. The molecule has 0 saturated heterocycles. The molecule has 2 saturated carbocycles. The van der Waals surface area contributed by atoms with Crippen molar-refractivity contribution in [1.82, 2.24) is 0 Å². The summed E-state index contributed by atoms with van der Waals surface area (Å²) in [7, 11) is 0. The molecule has 0 unspecified atom stereocenters. The van der Waals surface area contributed by atoms with Gasteiger partial charge in [-0.2, -0.15) is 0 Å². The Labute approximate surface area is 69.4 Å². The molecular weight excluding hydrogens is 134 g/mol. The number of nitrogens with two attached hydrogens (primary N) is 1. The van der Waals surface area contributed by atoms with E-state index in [1.54, 1.807) is 0 Å². The van der Waals surface area contributed by atoms with Gasteiger partial charge in [-0.1, -0.05) is 20.8 Å². The second-order valence-corrected chi connectivity index (χ2v) is 5.09. The number of fused-ring (bicyclic) bond motifs is 1. The second-order valence-electron chi connectivity index (χ2n) is 5.09. The number of hydrogen-bond acceptors (Lipinski definition) is 1. The van der Waals surface area contributed by atoms with Gasteiger partial charge in [0.15, 0.2) is 0 Å². The third kappa shape index (κ3) is 0.868. The summed E-state index contributed by atoms with van der Waals surface area (Å²) in [6, 6.07) is 0.490. The van der Waals surface area contributed by atoms with E-state index in [4.69, 9.17) is 5.73 Å². The summed E-state index contributed by atoms with van der Waals surface area (Å²) < 4.78 is 0. The molecule has 0 bridgehead atoms. The molecule has 2 aliphatic rings. The van der Waals surface area contributed by atoms with Crippen LogP contribution in [0.5, 0.6) is 0 Å². The van der Waals surface area contributed by atoms with Gasteiger partial charge in [-0.05, 0) is 36.0 Å². The van der Waals surface area contributed by atoms with E-state index >= 15 is 0 Å². The van der Waals surface area contributed by atoms with E-state index in [1.807, 2.05) is 0 Å². The Morgan fingerprint density at radius 2 is 1.91 bits per heavy atom. The molecule has 64 valence electrons. The Bertz CT molecular complexity index is 174. The lowest BCUT2D eigenvalue weighted by molar-refractivity contribution is 0.311. The minimum atomic E-state index is 0.490. The summed E-state index contributed by atoms with van der Waals surface area (Å²) in [4.78, 5) is 0. The van der Waals surface area contributed by atoms with Crippen molar-refractivity contribution in [1.29, 1.82) is 0 Å². The minimum Gasteiger partial charge on any atom is -0.327 e. The fourth-order valence-electron chi connectivity index (χ4n) is 3.09. The van der Waals surface area contributed by atoms with Crippen LogP contribution in [-0.4, -0.2) is 6.04 Å². The van der Waals surface area contributed by atoms with Crippen molar-refractivity contribution in [3.8, 4) is 0 Å². The lowest BCUT2D eigenvalue weighted by Crippen LogP contribution is -2.34. The Hall–Kier alpha value is -0.0400. The molecule has 1 nitrogen and oxygen atoms in total. The standard InChI is InChI=1S/C10H19N/c1-6-4-5-7-8(9(6)11)10(7,2)3/h6-9H,4-5,11H2,1-3H3/t6-,7-,8-,9-/m0/s1. The molecule has 4 atom stereocenters. The number of hydrogen-bond donors (Lipinski definition) is 1. The van der Waals surface area contributed by atoms with E-state index in [0.717, 1.165) is 17.8 Å². The molecule has 0 radical (unpaired) electrons. The van der Waals surface area contributed by atoms with Crippen LogP contribution in [0.25, 0.3) is 0 Å². The van der Waals surface area contributed by atoms with Crippen molar-refractivity contribution in [2.24, 2.45) is 28.9 Å². The van der Waals surface area contributed by atoms with E-state index in [1.165, 1.54) is 12.8 Å². The summed E-state index contributed by atoms with van der Waals surface area (Å²) in [5, 5.41) is 0. The fourth-order valence-corrected chi connectivity index (χ4v) is 3.09. The maximum atomic E-state index is 6.14. The van der Waals surface area contributed by atoms with Crippen molar-refractivity contribution < 1.29 is 0 Å². The normalized spacial score (nSPS) is 53.5. The molecule has 2 N–H and O–H groups in total. The van der Waals surface area contributed by atoms with Crippen LogP contribution in [0.15, 0.2) is 0 Å². The van der Waals surface area contributed by atoms with Gasteiger partial charge < -0.3 is 5.73 Å². The molecule has 11 heavy (non-hydrogen) atoms. The highest BCUT2D eigenvalue weighted by Crippen LogP contribution is 2.65. The first-order chi connectivity index (χ1) is 5.05. The van der Waals surface area contributed by atoms with Gasteiger partial charge >= 0.3 is 0 Å². The van der Waals surface area contributed by atoms with Crippen molar-refractivity contribution in [3.05, 3.63) is 0 Å². The molecular formula is C10H19N. The Kier molecular flexibility index (Phi) is 1.39. The highest BCUT2D eigenvalue weighted by molar-refractivity contribution is 5.12. The monoisotopic (exact) mass is 153 g/mol. The highest BCUT2D eigenvalue weighted by Gasteiger charge is 2.61. The average molecular weight is 153 g/mol. The van der Waals surface area contributed by atoms with Crippen LogP contribution in [0.2, 0.25) is 0 Å². The summed E-state index contributed by atoms with van der Waals surface area (Å²) in [6.45, 7) is 7.05. The number of rotatable bonds is 0. The molecule has 0 aromatic rings. The van der Waals surface area contributed by atoms with Gasteiger partial charge in [0.1, 0.15) is 0 Å². The topological polar surface area (TPSA) is 26.0 Å². The zero-order valence-corrected chi connectivity index (χ0v) is 7.80. The van der Waals surface area contributed by atoms with E-state index in [-0.39, 0.29) is 0 Å². The first kappa shape index (κ1) is 7.60. The summed E-state index contributed by atoms with van der Waals surface area (Å²) >= 11 is 0. The van der Waals surface area contributed by atoms with Gasteiger partial charge in [-0.25, -0.2) is 0 Å². The molecule has 0 aromatic carbocycles. The predicted octanol–water partition coefficient (Wildman–Crippen LogP) is 2.02. The maximum Gasteiger partial charge on any atom is 0.0101 e. The van der Waals surface area contributed by atoms with Crippen LogP contribution in [-0.2, 0) is 0 Å². The minimum absolute atomic E-state index is 0.490. The van der Waals surface area contributed by atoms with Crippen LogP contribution in [0.1, 0.15) is 33.6 Å². The zero-order chi connectivity index (χ0) is 8.22. The van der Waals surface area contributed by atoms with Crippen molar-refractivity contribution in [3.63, 3.8) is 0 Å². The molecule has 0 spiro atoms. The molecule has 0 aliphatic heterocycles. The molecule has 0 aromatic heterocycles. The third-order valence-electron chi connectivity index (χ3n) is 4.14. The molecule has 0 amide bonds. The SMILES string of the molecule is C[C@H]1CC[C@H]2[C@@H]([C@H]1N)C2(C)C. The Morgan fingerprint density at radius 3 is 2.45 bits per heavy atom. The summed E-state index contributed by atoms with van der Waals surface area (Å²) in [6.07, 6.45) is 2.78. The maximum absolute atomic E-state index is 6.14. The van der Waals surface area contributed by atoms with E-state index in [0.29, 0.717) is 11.5 Å². The predicted molar refractivity (Wildman–Crippen MR) is 47.1 cm³/mol. The van der Waals surface area contributed by atoms with Crippen LogP contribution >= 0.6 is 0 Å². The van der Waals surface area contributed by atoms with Crippen LogP contribution in [0, 0.1) is 23.2 Å². The first-order valence-electron chi connectivity index (χ1n) is 4.80. The largest absolute Gasteiger partial charge is 0.327 e. The smallest absolute Gasteiger partial charge is 0.0101 e. The lowest BCUT2D eigenvalue weighted by atomic mass is 9.86. The van der Waals surface area contributed by atoms with Crippen molar-refractivity contribution in [2.75, 3.05) is 0 Å². The van der Waals surface area contributed by atoms with Gasteiger partial charge in [0.2, 0.25) is 0 Å². The first-order valence-corrected chi connectivity index (χ1v) is 4.80. The average Bonchev–Trinajstić information content (AvgIpc) is 2.46. The Balaban J connectivity index is 2.12.